The number of aromatic nitrogens is 1. The van der Waals surface area contributed by atoms with Crippen LogP contribution in [0.25, 0.3) is 0 Å². The van der Waals surface area contributed by atoms with Gasteiger partial charge in [-0.25, -0.2) is 9.78 Å². The monoisotopic (exact) mass is 298 g/mol. The SMILES string of the molecule is COC(=O)C1CC(O)CN1C(=O)c1cc(C)nc(Cl)c1. The third-order valence-corrected chi connectivity index (χ3v) is 3.38. The van der Waals surface area contributed by atoms with Crippen molar-refractivity contribution < 1.29 is 19.4 Å². The molecule has 2 rings (SSSR count). The summed E-state index contributed by atoms with van der Waals surface area (Å²) in [4.78, 5) is 29.4. The number of likely N-dealkylation sites (tertiary alicyclic amines) is 1. The molecule has 0 spiro atoms. The highest BCUT2D eigenvalue weighted by molar-refractivity contribution is 6.29. The number of hydrogen-bond donors (Lipinski definition) is 1. The zero-order chi connectivity index (χ0) is 14.9. The molecule has 2 heterocycles. The van der Waals surface area contributed by atoms with Gasteiger partial charge < -0.3 is 14.7 Å². The molecular weight excluding hydrogens is 284 g/mol. The molecular formula is C13H15ClN2O4. The highest BCUT2D eigenvalue weighted by Gasteiger charge is 2.40. The van der Waals surface area contributed by atoms with E-state index in [1.807, 2.05) is 0 Å². The first-order chi connectivity index (χ1) is 9.42. The van der Waals surface area contributed by atoms with Gasteiger partial charge >= 0.3 is 5.97 Å². The van der Waals surface area contributed by atoms with E-state index in [1.54, 1.807) is 13.0 Å². The number of hydrogen-bond acceptors (Lipinski definition) is 5. The average Bonchev–Trinajstić information content (AvgIpc) is 2.78. The number of β-amino-alcohol motifs (C(OH)–C–C–N with tert-alkyl or cyclic N) is 1. The second-order valence-electron chi connectivity index (χ2n) is 4.71. The van der Waals surface area contributed by atoms with E-state index in [-0.39, 0.29) is 24.0 Å². The fraction of sp³-hybridized carbons (Fsp3) is 0.462. The molecule has 1 N–H and O–H groups in total. The van der Waals surface area contributed by atoms with Gasteiger partial charge in [-0.1, -0.05) is 11.6 Å². The molecule has 1 saturated heterocycles. The molecule has 0 radical (unpaired) electrons. The number of aliphatic hydroxyl groups is 1. The fourth-order valence-corrected chi connectivity index (χ4v) is 2.57. The van der Waals surface area contributed by atoms with Crippen molar-refractivity contribution in [3.05, 3.63) is 28.5 Å². The van der Waals surface area contributed by atoms with Crippen LogP contribution in [0.5, 0.6) is 0 Å². The summed E-state index contributed by atoms with van der Waals surface area (Å²) in [5.41, 5.74) is 0.945. The number of ether oxygens (including phenoxy) is 1. The van der Waals surface area contributed by atoms with Crippen LogP contribution in [0.15, 0.2) is 12.1 Å². The maximum atomic E-state index is 12.4. The minimum atomic E-state index is -0.769. The lowest BCUT2D eigenvalue weighted by Crippen LogP contribution is -2.41. The van der Waals surface area contributed by atoms with Crippen LogP contribution >= 0.6 is 11.6 Å². The van der Waals surface area contributed by atoms with Crippen LogP contribution in [0.4, 0.5) is 0 Å². The summed E-state index contributed by atoms with van der Waals surface area (Å²) < 4.78 is 4.66. The Morgan fingerprint density at radius 3 is 2.80 bits per heavy atom. The molecule has 0 saturated carbocycles. The van der Waals surface area contributed by atoms with Crippen molar-refractivity contribution in [1.82, 2.24) is 9.88 Å². The summed E-state index contributed by atoms with van der Waals surface area (Å²) in [6.07, 6.45) is -0.558. The molecule has 0 bridgehead atoms. The van der Waals surface area contributed by atoms with Crippen molar-refractivity contribution in [1.29, 1.82) is 0 Å². The Bertz CT molecular complexity index is 529. The molecule has 1 fully saturated rings. The summed E-state index contributed by atoms with van der Waals surface area (Å²) in [5.74, 6) is -0.906. The fourth-order valence-electron chi connectivity index (χ4n) is 2.32. The van der Waals surface area contributed by atoms with E-state index in [9.17, 15) is 14.7 Å². The van der Waals surface area contributed by atoms with Crippen LogP contribution in [0.1, 0.15) is 22.5 Å². The third kappa shape index (κ3) is 2.91. The van der Waals surface area contributed by atoms with Gasteiger partial charge in [0.2, 0.25) is 0 Å². The van der Waals surface area contributed by atoms with Crippen LogP contribution in [0.3, 0.4) is 0 Å². The van der Waals surface area contributed by atoms with E-state index in [2.05, 4.69) is 9.72 Å². The van der Waals surface area contributed by atoms with Crippen LogP contribution in [-0.2, 0) is 9.53 Å². The van der Waals surface area contributed by atoms with Crippen molar-refractivity contribution in [3.63, 3.8) is 0 Å². The quantitative estimate of drug-likeness (QED) is 0.645. The first kappa shape index (κ1) is 14.7. The summed E-state index contributed by atoms with van der Waals surface area (Å²) >= 11 is 5.83. The number of nitrogens with zero attached hydrogens (tertiary/aromatic N) is 2. The van der Waals surface area contributed by atoms with E-state index in [0.717, 1.165) is 0 Å². The number of amides is 1. The first-order valence-electron chi connectivity index (χ1n) is 6.13. The molecule has 0 aliphatic carbocycles. The number of methoxy groups -OCH3 is 1. The predicted molar refractivity (Wildman–Crippen MR) is 71.4 cm³/mol. The van der Waals surface area contributed by atoms with E-state index in [0.29, 0.717) is 11.3 Å². The minimum Gasteiger partial charge on any atom is -0.467 e. The number of carbonyl (C=O) groups excluding carboxylic acids is 2. The highest BCUT2D eigenvalue weighted by Crippen LogP contribution is 2.22. The smallest absolute Gasteiger partial charge is 0.328 e. The van der Waals surface area contributed by atoms with Gasteiger partial charge in [0.15, 0.2) is 0 Å². The van der Waals surface area contributed by atoms with E-state index >= 15 is 0 Å². The molecule has 7 heteroatoms. The maximum absolute atomic E-state index is 12.4. The van der Waals surface area contributed by atoms with Gasteiger partial charge in [-0.15, -0.1) is 0 Å². The standard InChI is InChI=1S/C13H15ClN2O4/c1-7-3-8(4-11(14)15-7)12(18)16-6-9(17)5-10(16)13(19)20-2/h3-4,9-10,17H,5-6H2,1-2H3. The summed E-state index contributed by atoms with van der Waals surface area (Å²) in [6, 6.07) is 2.26. The Balaban J connectivity index is 2.28. The summed E-state index contributed by atoms with van der Waals surface area (Å²) in [5, 5.41) is 9.89. The number of esters is 1. The van der Waals surface area contributed by atoms with Crippen molar-refractivity contribution in [2.75, 3.05) is 13.7 Å². The molecule has 1 aromatic rings. The topological polar surface area (TPSA) is 79.7 Å². The van der Waals surface area contributed by atoms with Gasteiger partial charge in [0, 0.05) is 24.2 Å². The Morgan fingerprint density at radius 1 is 1.50 bits per heavy atom. The zero-order valence-electron chi connectivity index (χ0n) is 11.2. The van der Waals surface area contributed by atoms with Gasteiger partial charge in [-0.3, -0.25) is 4.79 Å². The van der Waals surface area contributed by atoms with Crippen molar-refractivity contribution in [2.24, 2.45) is 0 Å². The molecule has 108 valence electrons. The summed E-state index contributed by atoms with van der Waals surface area (Å²) in [7, 11) is 1.25. The van der Waals surface area contributed by atoms with Crippen LogP contribution < -0.4 is 0 Å². The number of rotatable bonds is 2. The lowest BCUT2D eigenvalue weighted by atomic mass is 10.1. The zero-order valence-corrected chi connectivity index (χ0v) is 11.9. The number of halogens is 1. The number of aliphatic hydroxyl groups excluding tert-OH is 1. The summed E-state index contributed by atoms with van der Waals surface area (Å²) in [6.45, 7) is 1.82. The normalized spacial score (nSPS) is 21.9. The first-order valence-corrected chi connectivity index (χ1v) is 6.51. The van der Waals surface area contributed by atoms with Gasteiger partial charge in [0.25, 0.3) is 5.91 Å². The molecule has 0 aromatic carbocycles. The third-order valence-electron chi connectivity index (χ3n) is 3.18. The lowest BCUT2D eigenvalue weighted by molar-refractivity contribution is -0.145. The average molecular weight is 299 g/mol. The van der Waals surface area contributed by atoms with Gasteiger partial charge in [0.1, 0.15) is 11.2 Å². The van der Waals surface area contributed by atoms with Gasteiger partial charge in [-0.05, 0) is 19.1 Å². The molecule has 1 aromatic heterocycles. The van der Waals surface area contributed by atoms with Crippen molar-refractivity contribution >= 4 is 23.5 Å². The van der Waals surface area contributed by atoms with E-state index in [1.165, 1.54) is 18.1 Å². The maximum Gasteiger partial charge on any atom is 0.328 e. The molecule has 20 heavy (non-hydrogen) atoms. The minimum absolute atomic E-state index is 0.0948. The Hall–Kier alpha value is -1.66. The number of aryl methyl sites for hydroxylation is 1. The van der Waals surface area contributed by atoms with E-state index < -0.39 is 18.1 Å². The number of pyridine rings is 1. The second-order valence-corrected chi connectivity index (χ2v) is 5.09. The largest absolute Gasteiger partial charge is 0.467 e. The van der Waals surface area contributed by atoms with Gasteiger partial charge in [0.05, 0.1) is 13.2 Å². The van der Waals surface area contributed by atoms with Crippen molar-refractivity contribution in [2.45, 2.75) is 25.5 Å². The van der Waals surface area contributed by atoms with Crippen LogP contribution in [-0.4, -0.2) is 52.7 Å². The highest BCUT2D eigenvalue weighted by atomic mass is 35.5. The van der Waals surface area contributed by atoms with Crippen LogP contribution in [0.2, 0.25) is 5.15 Å². The Labute approximate surface area is 121 Å². The second kappa shape index (κ2) is 5.76. The van der Waals surface area contributed by atoms with Gasteiger partial charge in [-0.2, -0.15) is 0 Å². The Kier molecular flexibility index (Phi) is 4.25. The Morgan fingerprint density at radius 2 is 2.20 bits per heavy atom. The lowest BCUT2D eigenvalue weighted by Gasteiger charge is -2.22. The molecule has 2 atom stereocenters. The molecule has 2 unspecified atom stereocenters. The molecule has 1 aliphatic rings. The molecule has 1 amide bonds. The molecule has 1 aliphatic heterocycles. The number of carbonyl (C=O) groups is 2. The van der Waals surface area contributed by atoms with Crippen molar-refractivity contribution in [3.8, 4) is 0 Å². The predicted octanol–water partition coefficient (Wildman–Crippen LogP) is 0.792. The van der Waals surface area contributed by atoms with Crippen LogP contribution in [0, 0.1) is 6.92 Å². The van der Waals surface area contributed by atoms with E-state index in [4.69, 9.17) is 11.6 Å². The molecule has 6 nitrogen and oxygen atoms in total.